The number of carbonyl (C=O) groups is 2. The highest BCUT2D eigenvalue weighted by Gasteiger charge is 2.51. The third-order valence-corrected chi connectivity index (χ3v) is 4.99. The number of benzene rings is 1. The Labute approximate surface area is 126 Å². The molecule has 112 valence electrons. The van der Waals surface area contributed by atoms with Gasteiger partial charge < -0.3 is 10.4 Å². The SMILES string of the molecule is O=C(NC1C2CCC(C2)C1C(=O)O)c1cccc(Cl)c1F. The summed E-state index contributed by atoms with van der Waals surface area (Å²) in [6.07, 6.45) is 2.62. The Morgan fingerprint density at radius 2 is 2.00 bits per heavy atom. The monoisotopic (exact) mass is 311 g/mol. The number of carboxylic acids is 1. The van der Waals surface area contributed by atoms with E-state index in [1.807, 2.05) is 0 Å². The maximum atomic E-state index is 13.9. The Hall–Kier alpha value is -1.62. The molecule has 0 radical (unpaired) electrons. The standard InChI is InChI=1S/C15H15ClFNO3/c16-10-3-1-2-9(12(10)17)14(19)18-13-8-5-4-7(6-8)11(13)15(20)21/h1-3,7-8,11,13H,4-6H2,(H,18,19)(H,20,21). The predicted molar refractivity (Wildman–Crippen MR) is 74.6 cm³/mol. The maximum Gasteiger partial charge on any atom is 0.308 e. The number of hydrogen-bond donors (Lipinski definition) is 2. The molecule has 2 aliphatic carbocycles. The highest BCUT2D eigenvalue weighted by Crippen LogP contribution is 2.48. The van der Waals surface area contributed by atoms with Crippen molar-refractivity contribution < 1.29 is 19.1 Å². The molecule has 2 saturated carbocycles. The van der Waals surface area contributed by atoms with Gasteiger partial charge in [-0.1, -0.05) is 17.7 Å². The van der Waals surface area contributed by atoms with Crippen molar-refractivity contribution in [1.29, 1.82) is 0 Å². The molecule has 1 aromatic carbocycles. The zero-order chi connectivity index (χ0) is 15.1. The molecule has 4 nitrogen and oxygen atoms in total. The molecular formula is C15H15ClFNO3. The molecule has 2 fully saturated rings. The van der Waals surface area contributed by atoms with Crippen molar-refractivity contribution in [2.45, 2.75) is 25.3 Å². The van der Waals surface area contributed by atoms with Crippen LogP contribution >= 0.6 is 11.6 Å². The molecule has 0 saturated heterocycles. The molecule has 2 aliphatic rings. The normalized spacial score (nSPS) is 30.4. The predicted octanol–water partition coefficient (Wildman–Crippen LogP) is 2.71. The number of nitrogens with one attached hydrogen (secondary N) is 1. The maximum absolute atomic E-state index is 13.9. The van der Waals surface area contributed by atoms with Crippen LogP contribution in [0.3, 0.4) is 0 Å². The lowest BCUT2D eigenvalue weighted by molar-refractivity contribution is -0.144. The van der Waals surface area contributed by atoms with Crippen LogP contribution in [0.4, 0.5) is 4.39 Å². The topological polar surface area (TPSA) is 66.4 Å². The van der Waals surface area contributed by atoms with Crippen molar-refractivity contribution in [3.8, 4) is 0 Å². The summed E-state index contributed by atoms with van der Waals surface area (Å²) in [5, 5.41) is 11.9. The molecule has 0 spiro atoms. The van der Waals surface area contributed by atoms with Gasteiger partial charge in [0.05, 0.1) is 16.5 Å². The zero-order valence-corrected chi connectivity index (χ0v) is 11.9. The summed E-state index contributed by atoms with van der Waals surface area (Å²) < 4.78 is 13.9. The fourth-order valence-electron chi connectivity index (χ4n) is 3.76. The van der Waals surface area contributed by atoms with Crippen molar-refractivity contribution in [2.75, 3.05) is 0 Å². The Balaban J connectivity index is 1.81. The summed E-state index contributed by atoms with van der Waals surface area (Å²) in [7, 11) is 0. The van der Waals surface area contributed by atoms with Gasteiger partial charge in [0.25, 0.3) is 5.91 Å². The molecule has 1 amide bonds. The molecule has 2 N–H and O–H groups in total. The lowest BCUT2D eigenvalue weighted by Gasteiger charge is -2.28. The number of carbonyl (C=O) groups excluding carboxylic acids is 1. The summed E-state index contributed by atoms with van der Waals surface area (Å²) in [5.74, 6) is -2.55. The van der Waals surface area contributed by atoms with Crippen LogP contribution in [0.25, 0.3) is 0 Å². The highest BCUT2D eigenvalue weighted by atomic mass is 35.5. The van der Waals surface area contributed by atoms with Crippen LogP contribution < -0.4 is 5.32 Å². The van der Waals surface area contributed by atoms with Gasteiger partial charge in [0.2, 0.25) is 0 Å². The van der Waals surface area contributed by atoms with E-state index in [1.165, 1.54) is 18.2 Å². The number of fused-ring (bicyclic) bond motifs is 2. The second kappa shape index (κ2) is 5.30. The van der Waals surface area contributed by atoms with Crippen LogP contribution in [0, 0.1) is 23.6 Å². The van der Waals surface area contributed by atoms with Crippen LogP contribution in [-0.4, -0.2) is 23.0 Å². The van der Waals surface area contributed by atoms with Crippen LogP contribution in [0.2, 0.25) is 5.02 Å². The minimum atomic E-state index is -0.890. The minimum absolute atomic E-state index is 0.113. The third kappa shape index (κ3) is 2.39. The number of rotatable bonds is 3. The van der Waals surface area contributed by atoms with Gasteiger partial charge in [-0.2, -0.15) is 0 Å². The van der Waals surface area contributed by atoms with E-state index in [0.717, 1.165) is 19.3 Å². The van der Waals surface area contributed by atoms with Gasteiger partial charge in [-0.3, -0.25) is 9.59 Å². The molecule has 0 aromatic heterocycles. The van der Waals surface area contributed by atoms with Gasteiger partial charge in [-0.25, -0.2) is 4.39 Å². The Bertz CT molecular complexity index is 607. The van der Waals surface area contributed by atoms with E-state index in [0.29, 0.717) is 0 Å². The van der Waals surface area contributed by atoms with Crippen molar-refractivity contribution in [3.63, 3.8) is 0 Å². The largest absolute Gasteiger partial charge is 0.481 e. The van der Waals surface area contributed by atoms with E-state index in [4.69, 9.17) is 11.6 Å². The summed E-state index contributed by atoms with van der Waals surface area (Å²) in [5.41, 5.74) is -0.144. The van der Waals surface area contributed by atoms with E-state index in [-0.39, 0.29) is 22.4 Å². The lowest BCUT2D eigenvalue weighted by Crippen LogP contribution is -2.47. The summed E-state index contributed by atoms with van der Waals surface area (Å²) in [6, 6.07) is 3.78. The number of aliphatic carboxylic acids is 1. The lowest BCUT2D eigenvalue weighted by atomic mass is 9.84. The van der Waals surface area contributed by atoms with Gasteiger partial charge in [0.15, 0.2) is 5.82 Å². The van der Waals surface area contributed by atoms with Gasteiger partial charge in [0.1, 0.15) is 0 Å². The molecule has 21 heavy (non-hydrogen) atoms. The van der Waals surface area contributed by atoms with E-state index in [2.05, 4.69) is 5.32 Å². The summed E-state index contributed by atoms with van der Waals surface area (Å²) in [6.45, 7) is 0. The quantitative estimate of drug-likeness (QED) is 0.902. The highest BCUT2D eigenvalue weighted by molar-refractivity contribution is 6.31. The molecule has 2 bridgehead atoms. The average molecular weight is 312 g/mol. The van der Waals surface area contributed by atoms with E-state index in [9.17, 15) is 19.1 Å². The number of amides is 1. The van der Waals surface area contributed by atoms with Gasteiger partial charge in [-0.05, 0) is 43.2 Å². The average Bonchev–Trinajstić information content (AvgIpc) is 3.02. The zero-order valence-electron chi connectivity index (χ0n) is 11.2. The van der Waals surface area contributed by atoms with Gasteiger partial charge in [0, 0.05) is 6.04 Å². The first-order valence-corrected chi connectivity index (χ1v) is 7.34. The Morgan fingerprint density at radius 1 is 1.29 bits per heavy atom. The van der Waals surface area contributed by atoms with Gasteiger partial charge >= 0.3 is 5.97 Å². The van der Waals surface area contributed by atoms with Crippen LogP contribution in [0.1, 0.15) is 29.6 Å². The molecule has 0 aliphatic heterocycles. The molecular weight excluding hydrogens is 297 g/mol. The second-order valence-corrected chi connectivity index (χ2v) is 6.21. The van der Waals surface area contributed by atoms with E-state index in [1.54, 1.807) is 0 Å². The fraction of sp³-hybridized carbons (Fsp3) is 0.467. The van der Waals surface area contributed by atoms with Crippen LogP contribution in [0.5, 0.6) is 0 Å². The fourth-order valence-corrected chi connectivity index (χ4v) is 3.94. The van der Waals surface area contributed by atoms with Crippen molar-refractivity contribution in [2.24, 2.45) is 17.8 Å². The minimum Gasteiger partial charge on any atom is -0.481 e. The van der Waals surface area contributed by atoms with E-state index >= 15 is 0 Å². The number of carboxylic acid groups (broad SMARTS) is 1. The van der Waals surface area contributed by atoms with Crippen molar-refractivity contribution in [1.82, 2.24) is 5.32 Å². The molecule has 4 atom stereocenters. The molecule has 1 aromatic rings. The number of hydrogen-bond acceptors (Lipinski definition) is 2. The molecule has 0 heterocycles. The first kappa shape index (κ1) is 14.3. The third-order valence-electron chi connectivity index (χ3n) is 4.70. The first-order chi connectivity index (χ1) is 9.99. The number of halogens is 2. The first-order valence-electron chi connectivity index (χ1n) is 6.96. The molecule has 3 rings (SSSR count). The Kier molecular flexibility index (Phi) is 3.61. The molecule has 4 unspecified atom stereocenters. The summed E-state index contributed by atoms with van der Waals surface area (Å²) in [4.78, 5) is 23.6. The summed E-state index contributed by atoms with van der Waals surface area (Å²) >= 11 is 5.67. The van der Waals surface area contributed by atoms with Crippen LogP contribution in [-0.2, 0) is 4.79 Å². The molecule has 6 heteroatoms. The smallest absolute Gasteiger partial charge is 0.308 e. The van der Waals surface area contributed by atoms with Crippen LogP contribution in [0.15, 0.2) is 18.2 Å². The Morgan fingerprint density at radius 3 is 2.71 bits per heavy atom. The second-order valence-electron chi connectivity index (χ2n) is 5.80. The van der Waals surface area contributed by atoms with Gasteiger partial charge in [-0.15, -0.1) is 0 Å². The van der Waals surface area contributed by atoms with Crippen molar-refractivity contribution >= 4 is 23.5 Å². The van der Waals surface area contributed by atoms with E-state index < -0.39 is 29.7 Å². The van der Waals surface area contributed by atoms with Crippen molar-refractivity contribution in [3.05, 3.63) is 34.6 Å².